The molecule has 1 aromatic rings. The van der Waals surface area contributed by atoms with Crippen LogP contribution in [0.15, 0.2) is 15.7 Å². The molecular weight excluding hydrogens is 312 g/mol. The Morgan fingerprint density at radius 1 is 1.52 bits per heavy atom. The van der Waals surface area contributed by atoms with E-state index in [0.717, 1.165) is 0 Å². The Kier molecular flexibility index (Phi) is 5.91. The highest BCUT2D eigenvalue weighted by Gasteiger charge is 2.25. The molecule has 2 rings (SSSR count). The van der Waals surface area contributed by atoms with Crippen LogP contribution in [-0.4, -0.2) is 67.3 Å². The van der Waals surface area contributed by atoms with E-state index >= 15 is 0 Å². The molecule has 12 heteroatoms. The normalized spacial score (nSPS) is 16.4. The van der Waals surface area contributed by atoms with Crippen LogP contribution in [0, 0.1) is 10.1 Å². The summed E-state index contributed by atoms with van der Waals surface area (Å²) >= 11 is 0. The zero-order valence-corrected chi connectivity index (χ0v) is 12.7. The van der Waals surface area contributed by atoms with Gasteiger partial charge in [0, 0.05) is 19.6 Å². The maximum absolute atomic E-state index is 11.2. The van der Waals surface area contributed by atoms with Crippen molar-refractivity contribution in [2.45, 2.75) is 6.92 Å². The van der Waals surface area contributed by atoms with Gasteiger partial charge in [-0.3, -0.25) is 9.42 Å². The van der Waals surface area contributed by atoms with Crippen LogP contribution in [0.5, 0.6) is 0 Å². The van der Waals surface area contributed by atoms with Gasteiger partial charge >= 0.3 is 5.88 Å². The predicted octanol–water partition coefficient (Wildman–Crippen LogP) is -2.19. The van der Waals surface area contributed by atoms with E-state index in [2.05, 4.69) is 19.8 Å². The quantitative estimate of drug-likeness (QED) is 0.180. The van der Waals surface area contributed by atoms with Crippen LogP contribution < -0.4 is 14.9 Å². The van der Waals surface area contributed by atoms with Crippen LogP contribution in [0.1, 0.15) is 6.92 Å². The molecule has 1 aromatic heterocycles. The number of rotatable bonds is 7. The van der Waals surface area contributed by atoms with E-state index < -0.39 is 11.2 Å². The van der Waals surface area contributed by atoms with Crippen molar-refractivity contribution in [2.75, 3.05) is 50.9 Å². The molecule has 1 aliphatic heterocycles. The van der Waals surface area contributed by atoms with Gasteiger partial charge in [0.15, 0.2) is 6.08 Å². The summed E-state index contributed by atoms with van der Waals surface area (Å²) in [5.41, 5.74) is 0. The van der Waals surface area contributed by atoms with Crippen molar-refractivity contribution in [3.05, 3.63) is 16.3 Å². The molecule has 12 nitrogen and oxygen atoms in total. The van der Waals surface area contributed by atoms with E-state index in [1.165, 1.54) is 11.0 Å². The first-order valence-electron chi connectivity index (χ1n) is 7.10. The lowest BCUT2D eigenvalue weighted by molar-refractivity contribution is -0.760. The maximum atomic E-state index is 11.2. The van der Waals surface area contributed by atoms with E-state index in [4.69, 9.17) is 4.52 Å². The topological polar surface area (TPSA) is 133 Å². The van der Waals surface area contributed by atoms with Gasteiger partial charge in [0.1, 0.15) is 6.61 Å². The molecule has 128 valence electrons. The van der Waals surface area contributed by atoms with Gasteiger partial charge in [-0.25, -0.2) is 0 Å². The average Bonchev–Trinajstić information content (AvgIpc) is 2.96. The Bertz CT molecular complexity index is 541. The lowest BCUT2D eigenvalue weighted by Gasteiger charge is -2.29. The lowest BCUT2D eigenvalue weighted by Crippen LogP contribution is -2.65. The van der Waals surface area contributed by atoms with Gasteiger partial charge in [0.05, 0.1) is 17.9 Å². The molecule has 1 saturated heterocycles. The summed E-state index contributed by atoms with van der Waals surface area (Å²) in [6.07, 6.45) is 0.758. The number of aliphatic imine (C=N–C) groups is 1. The third kappa shape index (κ3) is 5.25. The van der Waals surface area contributed by atoms with Gasteiger partial charge < -0.3 is 14.7 Å². The number of aromatic nitrogens is 2. The highest BCUT2D eigenvalue weighted by atomic mass is 16.9. The molecule has 1 fully saturated rings. The molecule has 0 radical (unpaired) electrons. The molecule has 0 aromatic carbocycles. The minimum Gasteiger partial charge on any atom is -0.600 e. The van der Waals surface area contributed by atoms with E-state index in [1.54, 1.807) is 6.92 Å². The average molecular weight is 330 g/mol. The monoisotopic (exact) mass is 330 g/mol. The maximum Gasteiger partial charge on any atom is 0.326 e. The minimum absolute atomic E-state index is 0.0483. The Morgan fingerprint density at radius 2 is 2.26 bits per heavy atom. The van der Waals surface area contributed by atoms with Gasteiger partial charge in [-0.1, -0.05) is 6.92 Å². The fraction of sp³-hybridized carbons (Fsp3) is 0.727. The first kappa shape index (κ1) is 16.7. The smallest absolute Gasteiger partial charge is 0.326 e. The Labute approximate surface area is 131 Å². The molecule has 0 N–H and O–H groups in total. The van der Waals surface area contributed by atoms with Crippen molar-refractivity contribution in [3.63, 3.8) is 0 Å². The number of hydrogen-bond donors (Lipinski definition) is 0. The van der Waals surface area contributed by atoms with E-state index in [9.17, 15) is 15.2 Å². The molecule has 1 aliphatic rings. The molecule has 0 aliphatic carbocycles. The van der Waals surface area contributed by atoms with Gasteiger partial charge in [0.25, 0.3) is 11.3 Å². The van der Waals surface area contributed by atoms with E-state index in [-0.39, 0.29) is 19.1 Å². The molecule has 0 spiro atoms. The largest absolute Gasteiger partial charge is 0.600 e. The first-order chi connectivity index (χ1) is 11.1. The van der Waals surface area contributed by atoms with E-state index in [1.807, 2.05) is 9.91 Å². The zero-order valence-electron chi connectivity index (χ0n) is 12.7. The van der Waals surface area contributed by atoms with Crippen LogP contribution in [0.2, 0.25) is 0 Å². The van der Waals surface area contributed by atoms with Crippen molar-refractivity contribution in [1.29, 1.82) is 0 Å². The van der Waals surface area contributed by atoms with Crippen molar-refractivity contribution in [2.24, 2.45) is 4.99 Å². The first-order valence-corrected chi connectivity index (χ1v) is 7.10. The second-order valence-corrected chi connectivity index (χ2v) is 4.62. The van der Waals surface area contributed by atoms with Gasteiger partial charge in [0.2, 0.25) is 5.27 Å². The molecule has 2 heterocycles. The fourth-order valence-corrected chi connectivity index (χ4v) is 2.07. The Balaban J connectivity index is 1.80. The number of piperazine rings is 1. The third-order valence-electron chi connectivity index (χ3n) is 3.16. The molecule has 0 bridgehead atoms. The summed E-state index contributed by atoms with van der Waals surface area (Å²) in [6.45, 7) is 5.15. The summed E-state index contributed by atoms with van der Waals surface area (Å²) in [5.74, 6) is 0.0604. The predicted molar refractivity (Wildman–Crippen MR) is 72.8 cm³/mol. The summed E-state index contributed by atoms with van der Waals surface area (Å²) in [7, 11) is 0. The van der Waals surface area contributed by atoms with Crippen LogP contribution >= 0.6 is 0 Å². The van der Waals surface area contributed by atoms with E-state index in [0.29, 0.717) is 32.7 Å². The fourth-order valence-electron chi connectivity index (χ4n) is 2.07. The van der Waals surface area contributed by atoms with Crippen LogP contribution in [0.3, 0.4) is 0 Å². The van der Waals surface area contributed by atoms with Crippen LogP contribution in [0.4, 0.5) is 5.88 Å². The molecule has 0 saturated carbocycles. The molecule has 0 unspecified atom stereocenters. The van der Waals surface area contributed by atoms with Crippen molar-refractivity contribution in [1.82, 2.24) is 10.2 Å². The molecular formula is C11H18N6O6. The second kappa shape index (κ2) is 8.12. The second-order valence-electron chi connectivity index (χ2n) is 4.62. The molecule has 0 amide bonds. The summed E-state index contributed by atoms with van der Waals surface area (Å²) in [4.78, 5) is 21.5. The van der Waals surface area contributed by atoms with Crippen molar-refractivity contribution in [3.8, 4) is 0 Å². The highest BCUT2D eigenvalue weighted by Crippen LogP contribution is 2.06. The van der Waals surface area contributed by atoms with Gasteiger partial charge in [-0.05, 0) is 6.61 Å². The number of ether oxygens (including phenoxy) is 1. The lowest BCUT2D eigenvalue weighted by atomic mass is 10.3. The summed E-state index contributed by atoms with van der Waals surface area (Å²) in [5, 5.41) is 26.2. The highest BCUT2D eigenvalue weighted by molar-refractivity contribution is 5.64. The summed E-state index contributed by atoms with van der Waals surface area (Å²) < 4.78 is 9.63. The number of nitrogens with zero attached hydrogens (tertiary/aromatic N) is 6. The zero-order chi connectivity index (χ0) is 16.7. The van der Waals surface area contributed by atoms with Crippen LogP contribution in [-0.2, 0) is 9.57 Å². The molecule has 0 atom stereocenters. The SMILES string of the molecule is CCO/C([O-])=N/c1c[n+](N2CCN(CCO[N+](=O)[O-])CC2)no1. The standard InChI is InChI=1S/C11H18N6O6/c1-2-21-11(18)12-10-9-16(13-23-10)15-5-3-14(4-6-15)7-8-22-17(19)20/h9H,2-8H2,1H3. The summed E-state index contributed by atoms with van der Waals surface area (Å²) in [6, 6.07) is 0. The Morgan fingerprint density at radius 3 is 2.91 bits per heavy atom. The van der Waals surface area contributed by atoms with Gasteiger partial charge in [-0.15, -0.1) is 10.1 Å². The molecule has 23 heavy (non-hydrogen) atoms. The number of hydrogen-bond acceptors (Lipinski definition) is 10. The van der Waals surface area contributed by atoms with Gasteiger partial charge in [-0.2, -0.15) is 10.0 Å². The minimum atomic E-state index is -0.796. The Hall–Kier alpha value is -2.63. The van der Waals surface area contributed by atoms with Crippen LogP contribution in [0.25, 0.3) is 0 Å². The third-order valence-corrected chi connectivity index (χ3v) is 3.16. The van der Waals surface area contributed by atoms with Crippen molar-refractivity contribution >= 4 is 12.0 Å². The van der Waals surface area contributed by atoms with Crippen molar-refractivity contribution < 1.29 is 29.1 Å².